The number of hydrogen-bond donors (Lipinski definition) is 0. The van der Waals surface area contributed by atoms with Gasteiger partial charge in [0.1, 0.15) is 0 Å². The van der Waals surface area contributed by atoms with Gasteiger partial charge in [0.25, 0.3) is 0 Å². The van der Waals surface area contributed by atoms with Crippen molar-refractivity contribution in [3.05, 3.63) is 23.3 Å². The van der Waals surface area contributed by atoms with Crippen molar-refractivity contribution in [2.45, 2.75) is 54.0 Å². The molecule has 6 nitrogen and oxygen atoms in total. The minimum Gasteiger partial charge on any atom is -0.443 e. The lowest BCUT2D eigenvalue weighted by molar-refractivity contribution is -0.152. The molecule has 6 heteroatoms. The zero-order valence-electron chi connectivity index (χ0n) is 16.3. The Bertz CT molecular complexity index is 479. The Kier molecular flexibility index (Phi) is 10.2. The molecule has 0 aliphatic heterocycles. The molecule has 0 fully saturated rings. The number of carbonyl (C=O) groups excluding carboxylic acids is 2. The third-order valence-corrected chi connectivity index (χ3v) is 3.84. The summed E-state index contributed by atoms with van der Waals surface area (Å²) in [5.41, 5.74) is 0.856. The fourth-order valence-corrected chi connectivity index (χ4v) is 1.80. The molecule has 0 radical (unpaired) electrons. The third-order valence-electron chi connectivity index (χ3n) is 3.84. The van der Waals surface area contributed by atoms with Crippen LogP contribution in [0.25, 0.3) is 0 Å². The molecule has 24 heavy (non-hydrogen) atoms. The zero-order chi connectivity index (χ0) is 18.9. The molecule has 0 amide bonds. The van der Waals surface area contributed by atoms with Gasteiger partial charge in [0.15, 0.2) is 12.5 Å². The quantitative estimate of drug-likeness (QED) is 0.278. The molecule has 0 aromatic heterocycles. The van der Waals surface area contributed by atoms with Crippen LogP contribution in [0.2, 0.25) is 0 Å². The van der Waals surface area contributed by atoms with E-state index in [-0.39, 0.29) is 12.5 Å². The van der Waals surface area contributed by atoms with Crippen molar-refractivity contribution < 1.29 is 19.1 Å². The summed E-state index contributed by atoms with van der Waals surface area (Å²) < 4.78 is 10.7. The van der Waals surface area contributed by atoms with Crippen molar-refractivity contribution in [2.75, 3.05) is 27.2 Å². The predicted octanol–water partition coefficient (Wildman–Crippen LogP) is 2.56. The second-order valence-electron chi connectivity index (χ2n) is 5.89. The van der Waals surface area contributed by atoms with Gasteiger partial charge in [-0.25, -0.2) is 9.59 Å². The fraction of sp³-hybridized carbons (Fsp3) is 0.667. The lowest BCUT2D eigenvalue weighted by Crippen LogP contribution is -2.36. The van der Waals surface area contributed by atoms with E-state index in [2.05, 4.69) is 0 Å². The summed E-state index contributed by atoms with van der Waals surface area (Å²) in [6.45, 7) is 12.6. The molecule has 0 saturated heterocycles. The van der Waals surface area contributed by atoms with E-state index in [0.29, 0.717) is 11.1 Å². The van der Waals surface area contributed by atoms with Gasteiger partial charge in [-0.3, -0.25) is 9.80 Å². The Balaban J connectivity index is 4.76. The first-order chi connectivity index (χ1) is 11.1. The second-order valence-corrected chi connectivity index (χ2v) is 5.89. The highest BCUT2D eigenvalue weighted by Crippen LogP contribution is 2.08. The van der Waals surface area contributed by atoms with E-state index in [1.807, 2.05) is 39.8 Å². The van der Waals surface area contributed by atoms with E-state index < -0.39 is 11.9 Å². The topological polar surface area (TPSA) is 59.1 Å². The van der Waals surface area contributed by atoms with Gasteiger partial charge >= 0.3 is 11.9 Å². The van der Waals surface area contributed by atoms with E-state index in [1.54, 1.807) is 37.8 Å². The predicted molar refractivity (Wildman–Crippen MR) is 95.2 cm³/mol. The Morgan fingerprint density at radius 3 is 1.58 bits per heavy atom. The van der Waals surface area contributed by atoms with Crippen LogP contribution in [-0.2, 0) is 19.1 Å². The van der Waals surface area contributed by atoms with Gasteiger partial charge in [0.2, 0.25) is 0 Å². The molecule has 0 heterocycles. The third kappa shape index (κ3) is 7.75. The first-order valence-corrected chi connectivity index (χ1v) is 8.31. The first-order valence-electron chi connectivity index (χ1n) is 8.31. The van der Waals surface area contributed by atoms with Crippen molar-refractivity contribution >= 4 is 11.9 Å². The molecule has 0 aliphatic rings. The molecule has 0 aromatic rings. The van der Waals surface area contributed by atoms with Crippen LogP contribution in [0.5, 0.6) is 0 Å². The molecule has 0 N–H and O–H groups in total. The molecule has 0 bridgehead atoms. The summed E-state index contributed by atoms with van der Waals surface area (Å²) in [6.07, 6.45) is 2.55. The number of allylic oxidation sites excluding steroid dienone is 2. The number of rotatable bonds is 9. The highest BCUT2D eigenvalue weighted by atomic mass is 16.6. The number of carbonyl (C=O) groups is 2. The standard InChI is InChI=1S/C18H32N2O4/c1-9-20(10-2)16(6)24-18(22)14(4)12-11-13(3)17(21)23-15(5)19(7)8/h11-12,15-16H,9-10H2,1-8H3/b13-11+,14-12+. The largest absolute Gasteiger partial charge is 0.443 e. The van der Waals surface area contributed by atoms with E-state index in [0.717, 1.165) is 13.1 Å². The normalized spacial score (nSPS) is 15.4. The molecule has 0 spiro atoms. The monoisotopic (exact) mass is 340 g/mol. The van der Waals surface area contributed by atoms with Crippen LogP contribution in [0, 0.1) is 0 Å². The van der Waals surface area contributed by atoms with Crippen LogP contribution in [0.1, 0.15) is 41.5 Å². The minimum atomic E-state index is -0.412. The van der Waals surface area contributed by atoms with Crippen LogP contribution in [-0.4, -0.2) is 61.4 Å². The van der Waals surface area contributed by atoms with Crippen LogP contribution in [0.3, 0.4) is 0 Å². The second kappa shape index (κ2) is 11.0. The van der Waals surface area contributed by atoms with Crippen LogP contribution in [0.15, 0.2) is 23.3 Å². The molecular formula is C18H32N2O4. The summed E-state index contributed by atoms with van der Waals surface area (Å²) in [5, 5.41) is 0. The molecule has 0 aromatic carbocycles. The zero-order valence-corrected chi connectivity index (χ0v) is 16.3. The highest BCUT2D eigenvalue weighted by Gasteiger charge is 2.16. The lowest BCUT2D eigenvalue weighted by Gasteiger charge is -2.25. The smallest absolute Gasteiger partial charge is 0.335 e. The van der Waals surface area contributed by atoms with Crippen LogP contribution >= 0.6 is 0 Å². The molecule has 2 unspecified atom stereocenters. The lowest BCUT2D eigenvalue weighted by atomic mass is 10.2. The maximum absolute atomic E-state index is 12.1. The first kappa shape index (κ1) is 22.3. The average Bonchev–Trinajstić information content (AvgIpc) is 2.52. The Morgan fingerprint density at radius 1 is 0.875 bits per heavy atom. The van der Waals surface area contributed by atoms with Gasteiger partial charge in [-0.05, 0) is 54.9 Å². The summed E-state index contributed by atoms with van der Waals surface area (Å²) in [5.74, 6) is -0.807. The van der Waals surface area contributed by atoms with Crippen molar-refractivity contribution in [3.8, 4) is 0 Å². The number of ether oxygens (including phenoxy) is 2. The van der Waals surface area contributed by atoms with Gasteiger partial charge in [-0.2, -0.15) is 0 Å². The van der Waals surface area contributed by atoms with Crippen molar-refractivity contribution in [3.63, 3.8) is 0 Å². The molecule has 0 saturated carbocycles. The van der Waals surface area contributed by atoms with Gasteiger partial charge in [-0.1, -0.05) is 26.0 Å². The Morgan fingerprint density at radius 2 is 1.25 bits per heavy atom. The van der Waals surface area contributed by atoms with E-state index in [9.17, 15) is 9.59 Å². The molecule has 138 valence electrons. The summed E-state index contributed by atoms with van der Waals surface area (Å²) in [4.78, 5) is 27.8. The SMILES string of the molecule is CCN(CC)C(C)OC(=O)/C(C)=C/C=C(\C)C(=O)OC(C)N(C)C. The van der Waals surface area contributed by atoms with Gasteiger partial charge in [-0.15, -0.1) is 0 Å². The summed E-state index contributed by atoms with van der Waals surface area (Å²) in [7, 11) is 3.65. The van der Waals surface area contributed by atoms with Crippen molar-refractivity contribution in [1.29, 1.82) is 0 Å². The van der Waals surface area contributed by atoms with Crippen molar-refractivity contribution in [2.24, 2.45) is 0 Å². The number of nitrogens with zero attached hydrogens (tertiary/aromatic N) is 2. The molecule has 0 aliphatic carbocycles. The highest BCUT2D eigenvalue weighted by molar-refractivity contribution is 5.90. The van der Waals surface area contributed by atoms with E-state index in [4.69, 9.17) is 9.47 Å². The van der Waals surface area contributed by atoms with Gasteiger partial charge in [0.05, 0.1) is 0 Å². The minimum absolute atomic E-state index is 0.285. The van der Waals surface area contributed by atoms with Crippen LogP contribution < -0.4 is 0 Å². The van der Waals surface area contributed by atoms with E-state index in [1.165, 1.54) is 0 Å². The summed E-state index contributed by atoms with van der Waals surface area (Å²) in [6, 6.07) is 0. The van der Waals surface area contributed by atoms with Crippen LogP contribution in [0.4, 0.5) is 0 Å². The molecule has 0 rings (SSSR count). The van der Waals surface area contributed by atoms with Gasteiger partial charge in [0, 0.05) is 11.1 Å². The average molecular weight is 340 g/mol. The van der Waals surface area contributed by atoms with Gasteiger partial charge < -0.3 is 9.47 Å². The fourth-order valence-electron chi connectivity index (χ4n) is 1.80. The van der Waals surface area contributed by atoms with Crippen molar-refractivity contribution in [1.82, 2.24) is 9.80 Å². The maximum atomic E-state index is 12.1. The Hall–Kier alpha value is -1.66. The Labute approximate surface area is 146 Å². The van der Waals surface area contributed by atoms with E-state index >= 15 is 0 Å². The maximum Gasteiger partial charge on any atom is 0.335 e. The molecular weight excluding hydrogens is 308 g/mol. The summed E-state index contributed by atoms with van der Waals surface area (Å²) >= 11 is 0. The number of hydrogen-bond acceptors (Lipinski definition) is 6. The number of esters is 2. The molecule has 2 atom stereocenters.